The van der Waals surface area contributed by atoms with E-state index in [4.69, 9.17) is 5.11 Å². The first kappa shape index (κ1) is 18.5. The Labute approximate surface area is 152 Å². The van der Waals surface area contributed by atoms with Gasteiger partial charge in [-0.2, -0.15) is 0 Å². The highest BCUT2D eigenvalue weighted by Crippen LogP contribution is 2.40. The molecule has 2 aliphatic rings. The molecule has 0 aliphatic carbocycles. The molecule has 0 saturated carbocycles. The topological polar surface area (TPSA) is 101 Å². The van der Waals surface area contributed by atoms with E-state index in [0.29, 0.717) is 39.0 Å². The van der Waals surface area contributed by atoms with Crippen molar-refractivity contribution in [1.29, 1.82) is 0 Å². The van der Waals surface area contributed by atoms with Crippen molar-refractivity contribution in [2.75, 3.05) is 32.8 Å². The van der Waals surface area contributed by atoms with E-state index in [9.17, 15) is 19.8 Å². The van der Waals surface area contributed by atoms with Crippen molar-refractivity contribution in [2.45, 2.75) is 32.1 Å². The lowest BCUT2D eigenvalue weighted by Gasteiger charge is -2.48. The molecule has 2 aliphatic heterocycles. The van der Waals surface area contributed by atoms with Gasteiger partial charge in [0.2, 0.25) is 5.91 Å². The quantitative estimate of drug-likeness (QED) is 0.702. The van der Waals surface area contributed by atoms with Gasteiger partial charge in [-0.25, -0.2) is 0 Å². The normalized spacial score (nSPS) is 23.5. The van der Waals surface area contributed by atoms with E-state index in [2.05, 4.69) is 0 Å². The first-order valence-electron chi connectivity index (χ1n) is 9.15. The zero-order valence-electron chi connectivity index (χ0n) is 14.9. The van der Waals surface area contributed by atoms with Gasteiger partial charge in [0.05, 0.1) is 5.56 Å². The maximum Gasteiger partial charge on any atom is 0.257 e. The van der Waals surface area contributed by atoms with Gasteiger partial charge in [-0.3, -0.25) is 9.59 Å². The highest BCUT2D eigenvalue weighted by Gasteiger charge is 2.42. The molecule has 2 fully saturated rings. The number of nitrogens with zero attached hydrogens (tertiary/aromatic N) is 2. The summed E-state index contributed by atoms with van der Waals surface area (Å²) in [6.45, 7) is 2.32. The molecule has 0 radical (unpaired) electrons. The molecule has 0 unspecified atom stereocenters. The van der Waals surface area contributed by atoms with Crippen LogP contribution in [0.4, 0.5) is 0 Å². The summed E-state index contributed by atoms with van der Waals surface area (Å²) in [7, 11) is 0. The summed E-state index contributed by atoms with van der Waals surface area (Å²) in [5.41, 5.74) is -0.0324. The molecule has 0 bridgehead atoms. The average molecular weight is 362 g/mol. The number of benzene rings is 1. The Bertz CT molecular complexity index is 693. The van der Waals surface area contributed by atoms with Crippen molar-refractivity contribution in [1.82, 2.24) is 9.80 Å². The van der Waals surface area contributed by atoms with Gasteiger partial charge in [0.25, 0.3) is 5.91 Å². The lowest BCUT2D eigenvalue weighted by Crippen LogP contribution is -2.55. The molecule has 3 rings (SSSR count). The third-order valence-electron chi connectivity index (χ3n) is 5.53. The second-order valence-electron chi connectivity index (χ2n) is 7.40. The number of carbonyl (C=O) groups is 2. The van der Waals surface area contributed by atoms with E-state index in [1.807, 2.05) is 0 Å². The molecule has 1 atom stereocenters. The minimum Gasteiger partial charge on any atom is -0.504 e. The summed E-state index contributed by atoms with van der Waals surface area (Å²) in [6, 6.07) is 4.39. The molecule has 0 aromatic heterocycles. The summed E-state index contributed by atoms with van der Waals surface area (Å²) in [6.07, 6.45) is 3.56. The summed E-state index contributed by atoms with van der Waals surface area (Å²) in [5.74, 6) is -0.879. The monoisotopic (exact) mass is 362 g/mol. The maximum absolute atomic E-state index is 12.9. The van der Waals surface area contributed by atoms with Crippen LogP contribution in [0, 0.1) is 5.41 Å². The minimum atomic E-state index is -0.388. The second kappa shape index (κ2) is 7.53. The van der Waals surface area contributed by atoms with Gasteiger partial charge in [-0.15, -0.1) is 0 Å². The molecule has 26 heavy (non-hydrogen) atoms. The molecular formula is C19H26N2O5. The Kier molecular flexibility index (Phi) is 5.36. The van der Waals surface area contributed by atoms with Crippen LogP contribution in [0.25, 0.3) is 0 Å². The Hall–Kier alpha value is -2.28. The molecule has 7 nitrogen and oxygen atoms in total. The van der Waals surface area contributed by atoms with Crippen LogP contribution in [-0.2, 0) is 4.79 Å². The number of carbonyl (C=O) groups excluding carboxylic acids is 2. The third-order valence-corrected chi connectivity index (χ3v) is 5.53. The molecular weight excluding hydrogens is 336 g/mol. The number of phenolic OH excluding ortho intramolecular Hbond substituents is 2. The number of piperidine rings is 2. The van der Waals surface area contributed by atoms with Crippen molar-refractivity contribution in [3.63, 3.8) is 0 Å². The van der Waals surface area contributed by atoms with Crippen LogP contribution in [0.5, 0.6) is 11.5 Å². The fraction of sp³-hybridized carbons (Fsp3) is 0.579. The number of phenols is 2. The zero-order valence-corrected chi connectivity index (χ0v) is 14.9. The van der Waals surface area contributed by atoms with Gasteiger partial charge >= 0.3 is 0 Å². The average Bonchev–Trinajstić information content (AvgIpc) is 2.64. The predicted molar refractivity (Wildman–Crippen MR) is 94.9 cm³/mol. The highest BCUT2D eigenvalue weighted by atomic mass is 16.3. The van der Waals surface area contributed by atoms with Gasteiger partial charge in [-0.05, 0) is 37.8 Å². The molecule has 1 aromatic rings. The van der Waals surface area contributed by atoms with E-state index < -0.39 is 0 Å². The van der Waals surface area contributed by atoms with Crippen LogP contribution in [0.3, 0.4) is 0 Å². The number of aliphatic hydroxyl groups excluding tert-OH is 1. The van der Waals surface area contributed by atoms with Gasteiger partial charge in [-0.1, -0.05) is 6.07 Å². The van der Waals surface area contributed by atoms with Crippen LogP contribution in [0.15, 0.2) is 18.2 Å². The summed E-state index contributed by atoms with van der Waals surface area (Å²) in [5, 5.41) is 28.7. The first-order valence-corrected chi connectivity index (χ1v) is 9.15. The molecule has 3 N–H and O–H groups in total. The molecule has 142 valence electrons. The smallest absolute Gasteiger partial charge is 0.257 e. The molecule has 2 heterocycles. The van der Waals surface area contributed by atoms with Crippen molar-refractivity contribution in [3.05, 3.63) is 23.8 Å². The lowest BCUT2D eigenvalue weighted by atomic mass is 9.73. The zero-order chi connectivity index (χ0) is 18.7. The van der Waals surface area contributed by atoms with E-state index in [1.54, 1.807) is 9.80 Å². The van der Waals surface area contributed by atoms with Crippen LogP contribution >= 0.6 is 0 Å². The summed E-state index contributed by atoms with van der Waals surface area (Å²) >= 11 is 0. The predicted octanol–water partition coefficient (Wildman–Crippen LogP) is 1.32. The number of likely N-dealkylation sites (tertiary alicyclic amines) is 2. The maximum atomic E-state index is 12.9. The number of hydrogen-bond donors (Lipinski definition) is 3. The Morgan fingerprint density at radius 1 is 1.19 bits per heavy atom. The molecule has 1 aromatic carbocycles. The molecule has 2 saturated heterocycles. The van der Waals surface area contributed by atoms with Crippen LogP contribution < -0.4 is 0 Å². The van der Waals surface area contributed by atoms with Crippen LogP contribution in [0.2, 0.25) is 0 Å². The fourth-order valence-electron chi connectivity index (χ4n) is 4.16. The lowest BCUT2D eigenvalue weighted by molar-refractivity contribution is -0.139. The number of rotatable bonds is 4. The number of hydrogen-bond acceptors (Lipinski definition) is 5. The van der Waals surface area contributed by atoms with E-state index in [1.165, 1.54) is 18.2 Å². The Morgan fingerprint density at radius 2 is 2.00 bits per heavy atom. The number of para-hydroxylation sites is 1. The minimum absolute atomic E-state index is 0.0537. The Balaban J connectivity index is 1.75. The van der Waals surface area contributed by atoms with Crippen molar-refractivity contribution < 1.29 is 24.9 Å². The highest BCUT2D eigenvalue weighted by molar-refractivity contribution is 5.97. The van der Waals surface area contributed by atoms with E-state index in [-0.39, 0.29) is 40.9 Å². The molecule has 7 heteroatoms. The number of aliphatic hydroxyl groups is 1. The van der Waals surface area contributed by atoms with Gasteiger partial charge in [0, 0.05) is 44.6 Å². The first-order chi connectivity index (χ1) is 12.5. The number of amides is 2. The van der Waals surface area contributed by atoms with Crippen molar-refractivity contribution in [3.8, 4) is 11.5 Å². The number of aromatic hydroxyl groups is 2. The molecule has 1 spiro atoms. The van der Waals surface area contributed by atoms with E-state index >= 15 is 0 Å². The summed E-state index contributed by atoms with van der Waals surface area (Å²) in [4.78, 5) is 28.5. The van der Waals surface area contributed by atoms with Gasteiger partial charge in [0.15, 0.2) is 11.5 Å². The van der Waals surface area contributed by atoms with Crippen molar-refractivity contribution in [2.24, 2.45) is 5.41 Å². The van der Waals surface area contributed by atoms with Crippen molar-refractivity contribution >= 4 is 11.8 Å². The van der Waals surface area contributed by atoms with Gasteiger partial charge in [0.1, 0.15) is 0 Å². The van der Waals surface area contributed by atoms with Crippen LogP contribution in [-0.4, -0.2) is 69.7 Å². The SMILES string of the molecule is O=C1CC[C@]2(CCCN(C(=O)c3cccc(O)c3O)C2)CN1CCCO. The largest absolute Gasteiger partial charge is 0.504 e. The Morgan fingerprint density at radius 3 is 2.77 bits per heavy atom. The fourth-order valence-corrected chi connectivity index (χ4v) is 4.16. The van der Waals surface area contributed by atoms with Gasteiger partial charge < -0.3 is 25.1 Å². The molecule has 2 amide bonds. The van der Waals surface area contributed by atoms with E-state index in [0.717, 1.165) is 19.3 Å². The van der Waals surface area contributed by atoms with Crippen LogP contribution in [0.1, 0.15) is 42.5 Å². The third kappa shape index (κ3) is 3.62. The second-order valence-corrected chi connectivity index (χ2v) is 7.40. The standard InChI is InChI=1S/C19H26N2O5/c22-11-3-10-20-12-19(8-6-16(20)24)7-2-9-21(13-19)18(26)14-4-1-5-15(23)17(14)25/h1,4-5,22-23,25H,2-3,6-13H2/t19-/m1/s1. The summed E-state index contributed by atoms with van der Waals surface area (Å²) < 4.78 is 0.